The summed E-state index contributed by atoms with van der Waals surface area (Å²) in [6.07, 6.45) is 4.33. The molecule has 1 N–H and O–H groups in total. The standard InChI is InChI=1S/C10H14N2OS/c13-6-9-7-14-10(12-9)5-8-1-3-11-4-2-8/h6-8,11H,1-5H2. The summed E-state index contributed by atoms with van der Waals surface area (Å²) in [5.41, 5.74) is 0.582. The summed E-state index contributed by atoms with van der Waals surface area (Å²) in [5, 5.41) is 6.29. The average molecular weight is 210 g/mol. The fourth-order valence-electron chi connectivity index (χ4n) is 1.81. The van der Waals surface area contributed by atoms with E-state index in [1.165, 1.54) is 12.8 Å². The van der Waals surface area contributed by atoms with Crippen molar-refractivity contribution in [3.63, 3.8) is 0 Å². The Morgan fingerprint density at radius 3 is 3.00 bits per heavy atom. The molecule has 0 bridgehead atoms. The second-order valence-corrected chi connectivity index (χ2v) is 4.62. The first-order valence-electron chi connectivity index (χ1n) is 4.99. The van der Waals surface area contributed by atoms with Gasteiger partial charge in [0.15, 0.2) is 6.29 Å². The summed E-state index contributed by atoms with van der Waals surface area (Å²) in [4.78, 5) is 14.7. The molecule has 4 heteroatoms. The summed E-state index contributed by atoms with van der Waals surface area (Å²) in [7, 11) is 0. The largest absolute Gasteiger partial charge is 0.317 e. The highest BCUT2D eigenvalue weighted by molar-refractivity contribution is 7.09. The molecule has 0 radical (unpaired) electrons. The van der Waals surface area contributed by atoms with Crippen LogP contribution in [0.3, 0.4) is 0 Å². The predicted octanol–water partition coefficient (Wildman–Crippen LogP) is 1.50. The minimum atomic E-state index is 0.582. The van der Waals surface area contributed by atoms with E-state index in [4.69, 9.17) is 0 Å². The molecular weight excluding hydrogens is 196 g/mol. The Morgan fingerprint density at radius 2 is 2.36 bits per heavy atom. The van der Waals surface area contributed by atoms with Crippen molar-refractivity contribution in [3.8, 4) is 0 Å². The van der Waals surface area contributed by atoms with Crippen molar-refractivity contribution < 1.29 is 4.79 Å². The SMILES string of the molecule is O=Cc1csc(CC2CCNCC2)n1. The molecule has 1 saturated heterocycles. The van der Waals surface area contributed by atoms with Gasteiger partial charge in [0.1, 0.15) is 5.69 Å². The maximum absolute atomic E-state index is 10.4. The molecule has 2 heterocycles. The van der Waals surface area contributed by atoms with Gasteiger partial charge in [-0.3, -0.25) is 4.79 Å². The maximum atomic E-state index is 10.4. The summed E-state index contributed by atoms with van der Waals surface area (Å²) in [6, 6.07) is 0. The smallest absolute Gasteiger partial charge is 0.169 e. The lowest BCUT2D eigenvalue weighted by Gasteiger charge is -2.21. The van der Waals surface area contributed by atoms with Gasteiger partial charge in [-0.2, -0.15) is 0 Å². The minimum absolute atomic E-state index is 0.582. The molecule has 1 aliphatic heterocycles. The van der Waals surface area contributed by atoms with E-state index in [1.807, 2.05) is 5.38 Å². The third kappa shape index (κ3) is 2.39. The normalized spacial score (nSPS) is 18.3. The lowest BCUT2D eigenvalue weighted by atomic mass is 9.95. The van der Waals surface area contributed by atoms with Crippen LogP contribution in [-0.2, 0) is 6.42 Å². The quantitative estimate of drug-likeness (QED) is 0.769. The van der Waals surface area contributed by atoms with Gasteiger partial charge in [-0.15, -0.1) is 11.3 Å². The number of aldehydes is 1. The first kappa shape index (κ1) is 9.80. The Bertz CT molecular complexity index is 305. The van der Waals surface area contributed by atoms with Gasteiger partial charge < -0.3 is 5.32 Å². The van der Waals surface area contributed by atoms with Crippen molar-refractivity contribution in [2.45, 2.75) is 19.3 Å². The predicted molar refractivity (Wildman–Crippen MR) is 56.8 cm³/mol. The van der Waals surface area contributed by atoms with E-state index >= 15 is 0 Å². The summed E-state index contributed by atoms with van der Waals surface area (Å²) < 4.78 is 0. The van der Waals surface area contributed by atoms with Crippen molar-refractivity contribution in [1.82, 2.24) is 10.3 Å². The van der Waals surface area contributed by atoms with Crippen molar-refractivity contribution in [2.75, 3.05) is 13.1 Å². The zero-order valence-corrected chi connectivity index (χ0v) is 8.85. The molecular formula is C10H14N2OS. The van der Waals surface area contributed by atoms with E-state index in [0.717, 1.165) is 36.7 Å². The summed E-state index contributed by atoms with van der Waals surface area (Å²) in [6.45, 7) is 2.24. The number of carbonyl (C=O) groups is 1. The molecule has 0 atom stereocenters. The van der Waals surface area contributed by atoms with Crippen LogP contribution in [-0.4, -0.2) is 24.4 Å². The molecule has 0 spiro atoms. The molecule has 14 heavy (non-hydrogen) atoms. The second kappa shape index (κ2) is 4.66. The van der Waals surface area contributed by atoms with Crippen LogP contribution in [0.1, 0.15) is 28.3 Å². The first-order chi connectivity index (χ1) is 6.88. The highest BCUT2D eigenvalue weighted by Crippen LogP contribution is 2.20. The highest BCUT2D eigenvalue weighted by Gasteiger charge is 2.15. The lowest BCUT2D eigenvalue weighted by molar-refractivity contribution is 0.111. The van der Waals surface area contributed by atoms with Crippen molar-refractivity contribution in [1.29, 1.82) is 0 Å². The molecule has 3 nitrogen and oxygen atoms in total. The second-order valence-electron chi connectivity index (χ2n) is 3.68. The Labute approximate surface area is 87.6 Å². The number of piperidine rings is 1. The average Bonchev–Trinajstić information content (AvgIpc) is 2.67. The zero-order valence-electron chi connectivity index (χ0n) is 8.03. The minimum Gasteiger partial charge on any atom is -0.317 e. The number of thiazole rings is 1. The van der Waals surface area contributed by atoms with Gasteiger partial charge in [0.25, 0.3) is 0 Å². The summed E-state index contributed by atoms with van der Waals surface area (Å²) in [5.74, 6) is 0.752. The van der Waals surface area contributed by atoms with Crippen LogP contribution in [0, 0.1) is 5.92 Å². The molecule has 0 aromatic carbocycles. The van der Waals surface area contributed by atoms with E-state index < -0.39 is 0 Å². The molecule has 1 fully saturated rings. The molecule has 0 aliphatic carbocycles. The summed E-state index contributed by atoms with van der Waals surface area (Å²) >= 11 is 1.61. The Hall–Kier alpha value is -0.740. The fourth-order valence-corrected chi connectivity index (χ4v) is 2.66. The number of nitrogens with one attached hydrogen (secondary N) is 1. The Morgan fingerprint density at radius 1 is 1.57 bits per heavy atom. The first-order valence-corrected chi connectivity index (χ1v) is 5.87. The van der Waals surface area contributed by atoms with Crippen LogP contribution in [0.25, 0.3) is 0 Å². The number of nitrogens with zero attached hydrogens (tertiary/aromatic N) is 1. The van der Waals surface area contributed by atoms with Gasteiger partial charge in [0.2, 0.25) is 0 Å². The van der Waals surface area contributed by atoms with Gasteiger partial charge in [-0.1, -0.05) is 0 Å². The number of aromatic nitrogens is 1. The third-order valence-electron chi connectivity index (χ3n) is 2.61. The van der Waals surface area contributed by atoms with Crippen LogP contribution in [0.2, 0.25) is 0 Å². The van der Waals surface area contributed by atoms with Gasteiger partial charge in [0, 0.05) is 11.8 Å². The number of hydrogen-bond donors (Lipinski definition) is 1. The molecule has 0 saturated carbocycles. The van der Waals surface area contributed by atoms with Crippen LogP contribution < -0.4 is 5.32 Å². The van der Waals surface area contributed by atoms with Crippen molar-refractivity contribution in [2.24, 2.45) is 5.92 Å². The Balaban J connectivity index is 1.92. The topological polar surface area (TPSA) is 42.0 Å². The van der Waals surface area contributed by atoms with Crippen molar-refractivity contribution in [3.05, 3.63) is 16.1 Å². The van der Waals surface area contributed by atoms with Gasteiger partial charge in [-0.25, -0.2) is 4.98 Å². The van der Waals surface area contributed by atoms with Crippen LogP contribution >= 0.6 is 11.3 Å². The zero-order chi connectivity index (χ0) is 9.80. The molecule has 1 aliphatic rings. The molecule has 76 valence electrons. The van der Waals surface area contributed by atoms with E-state index in [2.05, 4.69) is 10.3 Å². The van der Waals surface area contributed by atoms with Crippen LogP contribution in [0.5, 0.6) is 0 Å². The van der Waals surface area contributed by atoms with Gasteiger partial charge in [0.05, 0.1) is 5.01 Å². The van der Waals surface area contributed by atoms with E-state index in [0.29, 0.717) is 5.69 Å². The van der Waals surface area contributed by atoms with E-state index in [1.54, 1.807) is 11.3 Å². The van der Waals surface area contributed by atoms with E-state index in [-0.39, 0.29) is 0 Å². The van der Waals surface area contributed by atoms with Crippen LogP contribution in [0.15, 0.2) is 5.38 Å². The van der Waals surface area contributed by atoms with E-state index in [9.17, 15) is 4.79 Å². The molecule has 1 aromatic heterocycles. The number of hydrogen-bond acceptors (Lipinski definition) is 4. The number of rotatable bonds is 3. The molecule has 1 aromatic rings. The molecule has 2 rings (SSSR count). The fraction of sp³-hybridized carbons (Fsp3) is 0.600. The van der Waals surface area contributed by atoms with Gasteiger partial charge >= 0.3 is 0 Å². The van der Waals surface area contributed by atoms with Gasteiger partial charge in [-0.05, 0) is 31.8 Å². The maximum Gasteiger partial charge on any atom is 0.169 e. The molecule has 0 amide bonds. The monoisotopic (exact) mass is 210 g/mol. The molecule has 0 unspecified atom stereocenters. The third-order valence-corrected chi connectivity index (χ3v) is 3.50. The Kier molecular flexibility index (Phi) is 3.26. The lowest BCUT2D eigenvalue weighted by Crippen LogP contribution is -2.28. The van der Waals surface area contributed by atoms with Crippen molar-refractivity contribution >= 4 is 17.6 Å². The number of carbonyl (C=O) groups excluding carboxylic acids is 1. The highest BCUT2D eigenvalue weighted by atomic mass is 32.1. The van der Waals surface area contributed by atoms with Crippen LogP contribution in [0.4, 0.5) is 0 Å².